The normalized spacial score (nSPS) is 14.3. The molecule has 0 atom stereocenters. The Morgan fingerprint density at radius 2 is 1.74 bits per heavy atom. The minimum absolute atomic E-state index is 0. The SMILES string of the molecule is COc1ccc(Sc2ccc(C)cc2N2CCNCC2)cc1.Cl. The molecular formula is C18H23ClN2OS. The molecule has 0 unspecified atom stereocenters. The van der Waals surface area contributed by atoms with Crippen molar-refractivity contribution >= 4 is 29.9 Å². The molecule has 3 rings (SSSR count). The van der Waals surface area contributed by atoms with Crippen LogP contribution in [0.25, 0.3) is 0 Å². The van der Waals surface area contributed by atoms with E-state index >= 15 is 0 Å². The van der Waals surface area contributed by atoms with E-state index in [1.165, 1.54) is 21.0 Å². The molecule has 124 valence electrons. The number of rotatable bonds is 4. The molecule has 1 heterocycles. The van der Waals surface area contributed by atoms with Crippen LogP contribution >= 0.6 is 24.2 Å². The van der Waals surface area contributed by atoms with Gasteiger partial charge in [-0.3, -0.25) is 0 Å². The Hall–Kier alpha value is -1.36. The van der Waals surface area contributed by atoms with Crippen LogP contribution in [0.5, 0.6) is 5.75 Å². The fourth-order valence-corrected chi connectivity index (χ4v) is 3.59. The van der Waals surface area contributed by atoms with E-state index in [-0.39, 0.29) is 12.4 Å². The predicted octanol–water partition coefficient (Wildman–Crippen LogP) is 3.99. The first-order chi connectivity index (χ1) is 10.8. The van der Waals surface area contributed by atoms with Gasteiger partial charge in [0.25, 0.3) is 0 Å². The van der Waals surface area contributed by atoms with Crippen molar-refractivity contribution in [2.45, 2.75) is 16.7 Å². The number of benzene rings is 2. The summed E-state index contributed by atoms with van der Waals surface area (Å²) in [5, 5.41) is 3.42. The van der Waals surface area contributed by atoms with Gasteiger partial charge in [0.2, 0.25) is 0 Å². The molecule has 0 bridgehead atoms. The van der Waals surface area contributed by atoms with Gasteiger partial charge in [0.15, 0.2) is 0 Å². The summed E-state index contributed by atoms with van der Waals surface area (Å²) in [7, 11) is 1.70. The maximum Gasteiger partial charge on any atom is 0.118 e. The van der Waals surface area contributed by atoms with Gasteiger partial charge in [-0.1, -0.05) is 17.8 Å². The van der Waals surface area contributed by atoms with Crippen molar-refractivity contribution in [1.29, 1.82) is 0 Å². The molecule has 0 saturated carbocycles. The molecule has 0 radical (unpaired) electrons. The molecule has 1 aliphatic heterocycles. The number of nitrogens with zero attached hydrogens (tertiary/aromatic N) is 1. The Bertz CT molecular complexity index is 627. The molecule has 3 nitrogen and oxygen atoms in total. The second-order valence-electron chi connectivity index (χ2n) is 5.49. The topological polar surface area (TPSA) is 24.5 Å². The van der Waals surface area contributed by atoms with Crippen LogP contribution in [-0.2, 0) is 0 Å². The highest BCUT2D eigenvalue weighted by atomic mass is 35.5. The van der Waals surface area contributed by atoms with E-state index in [9.17, 15) is 0 Å². The van der Waals surface area contributed by atoms with E-state index in [1.54, 1.807) is 7.11 Å². The molecule has 2 aromatic carbocycles. The maximum absolute atomic E-state index is 5.23. The third-order valence-corrected chi connectivity index (χ3v) is 4.93. The lowest BCUT2D eigenvalue weighted by molar-refractivity contribution is 0.414. The van der Waals surface area contributed by atoms with E-state index in [1.807, 2.05) is 23.9 Å². The zero-order valence-corrected chi connectivity index (χ0v) is 15.2. The van der Waals surface area contributed by atoms with Gasteiger partial charge in [-0.25, -0.2) is 0 Å². The molecule has 0 aromatic heterocycles. The summed E-state index contributed by atoms with van der Waals surface area (Å²) in [6, 6.07) is 15.0. The molecule has 1 fully saturated rings. The van der Waals surface area contributed by atoms with E-state index in [0.29, 0.717) is 0 Å². The van der Waals surface area contributed by atoms with Gasteiger partial charge in [0.1, 0.15) is 5.75 Å². The van der Waals surface area contributed by atoms with E-state index < -0.39 is 0 Å². The van der Waals surface area contributed by atoms with Crippen molar-refractivity contribution in [1.82, 2.24) is 5.32 Å². The summed E-state index contributed by atoms with van der Waals surface area (Å²) < 4.78 is 5.23. The van der Waals surface area contributed by atoms with E-state index in [0.717, 1.165) is 31.9 Å². The van der Waals surface area contributed by atoms with Gasteiger partial charge in [-0.15, -0.1) is 12.4 Å². The van der Waals surface area contributed by atoms with Crippen molar-refractivity contribution in [3.8, 4) is 5.75 Å². The molecule has 0 spiro atoms. The molecule has 23 heavy (non-hydrogen) atoms. The Kier molecular flexibility index (Phi) is 6.63. The molecule has 1 aliphatic rings. The van der Waals surface area contributed by atoms with Crippen LogP contribution in [0.4, 0.5) is 5.69 Å². The molecule has 1 saturated heterocycles. The summed E-state index contributed by atoms with van der Waals surface area (Å²) in [6.45, 7) is 6.41. The van der Waals surface area contributed by atoms with Crippen LogP contribution in [0, 0.1) is 6.92 Å². The molecule has 5 heteroatoms. The van der Waals surface area contributed by atoms with Gasteiger partial charge in [-0.05, 0) is 48.9 Å². The number of hydrogen-bond acceptors (Lipinski definition) is 4. The number of aryl methyl sites for hydroxylation is 1. The molecule has 0 amide bonds. The van der Waals surface area contributed by atoms with Crippen molar-refractivity contribution < 1.29 is 4.74 Å². The van der Waals surface area contributed by atoms with Crippen molar-refractivity contribution in [3.63, 3.8) is 0 Å². The minimum atomic E-state index is 0. The number of ether oxygens (including phenoxy) is 1. The van der Waals surface area contributed by atoms with Crippen LogP contribution in [0.3, 0.4) is 0 Å². The number of piperazine rings is 1. The molecule has 2 aromatic rings. The molecular weight excluding hydrogens is 328 g/mol. The Morgan fingerprint density at radius 3 is 2.39 bits per heavy atom. The highest BCUT2D eigenvalue weighted by Crippen LogP contribution is 2.36. The lowest BCUT2D eigenvalue weighted by Gasteiger charge is -2.31. The largest absolute Gasteiger partial charge is 0.497 e. The van der Waals surface area contributed by atoms with E-state index in [2.05, 4.69) is 47.5 Å². The number of hydrogen-bond donors (Lipinski definition) is 1. The Labute approximate surface area is 148 Å². The fourth-order valence-electron chi connectivity index (χ4n) is 2.64. The quantitative estimate of drug-likeness (QED) is 0.901. The number of methoxy groups -OCH3 is 1. The first kappa shape index (κ1) is 18.0. The van der Waals surface area contributed by atoms with Gasteiger partial charge < -0.3 is 15.0 Å². The summed E-state index contributed by atoms with van der Waals surface area (Å²) in [6.07, 6.45) is 0. The van der Waals surface area contributed by atoms with Crippen LogP contribution in [-0.4, -0.2) is 33.3 Å². The fraction of sp³-hybridized carbons (Fsp3) is 0.333. The smallest absolute Gasteiger partial charge is 0.118 e. The Morgan fingerprint density at radius 1 is 1.04 bits per heavy atom. The van der Waals surface area contributed by atoms with E-state index in [4.69, 9.17) is 4.74 Å². The highest BCUT2D eigenvalue weighted by Gasteiger charge is 2.15. The van der Waals surface area contributed by atoms with Crippen molar-refractivity contribution in [2.75, 3.05) is 38.2 Å². The van der Waals surface area contributed by atoms with Crippen LogP contribution in [0.15, 0.2) is 52.3 Å². The monoisotopic (exact) mass is 350 g/mol. The van der Waals surface area contributed by atoms with Crippen LogP contribution < -0.4 is 15.0 Å². The highest BCUT2D eigenvalue weighted by molar-refractivity contribution is 7.99. The second kappa shape index (κ2) is 8.48. The maximum atomic E-state index is 5.23. The lowest BCUT2D eigenvalue weighted by atomic mass is 10.2. The van der Waals surface area contributed by atoms with Crippen molar-refractivity contribution in [3.05, 3.63) is 48.0 Å². The summed E-state index contributed by atoms with van der Waals surface area (Å²) in [4.78, 5) is 5.04. The standard InChI is InChI=1S/C18H22N2OS.ClH/c1-14-3-8-18(17(13-14)20-11-9-19-10-12-20)22-16-6-4-15(21-2)5-7-16;/h3-8,13,19H,9-12H2,1-2H3;1H. The second-order valence-corrected chi connectivity index (χ2v) is 6.60. The van der Waals surface area contributed by atoms with Crippen molar-refractivity contribution in [2.24, 2.45) is 0 Å². The average molecular weight is 351 g/mol. The number of nitrogens with one attached hydrogen (secondary N) is 1. The third kappa shape index (κ3) is 4.56. The average Bonchev–Trinajstić information content (AvgIpc) is 2.58. The zero-order valence-electron chi connectivity index (χ0n) is 13.5. The summed E-state index contributed by atoms with van der Waals surface area (Å²) in [5.74, 6) is 0.899. The Balaban J connectivity index is 0.00000192. The zero-order chi connectivity index (χ0) is 15.4. The summed E-state index contributed by atoms with van der Waals surface area (Å²) >= 11 is 1.82. The third-order valence-electron chi connectivity index (χ3n) is 3.86. The van der Waals surface area contributed by atoms with Gasteiger partial charge in [-0.2, -0.15) is 0 Å². The van der Waals surface area contributed by atoms with Gasteiger partial charge in [0.05, 0.1) is 12.8 Å². The van der Waals surface area contributed by atoms with Gasteiger partial charge >= 0.3 is 0 Å². The molecule has 1 N–H and O–H groups in total. The lowest BCUT2D eigenvalue weighted by Crippen LogP contribution is -2.43. The number of halogens is 1. The summed E-state index contributed by atoms with van der Waals surface area (Å²) in [5.41, 5.74) is 2.66. The first-order valence-electron chi connectivity index (χ1n) is 7.64. The molecule has 0 aliphatic carbocycles. The number of anilines is 1. The van der Waals surface area contributed by atoms with Crippen LogP contribution in [0.1, 0.15) is 5.56 Å². The minimum Gasteiger partial charge on any atom is -0.497 e. The first-order valence-corrected chi connectivity index (χ1v) is 8.46. The van der Waals surface area contributed by atoms with Gasteiger partial charge in [0, 0.05) is 36.0 Å². The predicted molar refractivity (Wildman–Crippen MR) is 101 cm³/mol. The van der Waals surface area contributed by atoms with Crippen LogP contribution in [0.2, 0.25) is 0 Å².